The van der Waals surface area contributed by atoms with Crippen LogP contribution in [0.5, 0.6) is 0 Å². The molecule has 4 heteroatoms. The molecule has 1 amide bonds. The van der Waals surface area contributed by atoms with Gasteiger partial charge in [0, 0.05) is 12.7 Å². The highest BCUT2D eigenvalue weighted by atomic mass is 16.4. The molecule has 1 aliphatic rings. The molecule has 1 rings (SSSR count). The van der Waals surface area contributed by atoms with Crippen LogP contribution in [0, 0.1) is 0 Å². The van der Waals surface area contributed by atoms with Gasteiger partial charge in [0.2, 0.25) is 0 Å². The maximum atomic E-state index is 10.2. The van der Waals surface area contributed by atoms with Gasteiger partial charge in [0.1, 0.15) is 6.34 Å². The second-order valence-electron chi connectivity index (χ2n) is 1.58. The van der Waals surface area contributed by atoms with Crippen molar-refractivity contribution in [3.63, 3.8) is 0 Å². The molecule has 9 heavy (non-hydrogen) atoms. The Bertz CT molecular complexity index is 174. The molecule has 0 radical (unpaired) electrons. The van der Waals surface area contributed by atoms with E-state index >= 15 is 0 Å². The predicted octanol–water partition coefficient (Wildman–Crippen LogP) is 0.522. The lowest BCUT2D eigenvalue weighted by Crippen LogP contribution is -2.29. The summed E-state index contributed by atoms with van der Waals surface area (Å²) in [5.74, 6) is 0. The summed E-state index contributed by atoms with van der Waals surface area (Å²) in [6.45, 7) is 0.402. The van der Waals surface area contributed by atoms with Gasteiger partial charge in [-0.15, -0.1) is 0 Å². The molecular formula is C5H6N2O2. The van der Waals surface area contributed by atoms with Crippen molar-refractivity contribution < 1.29 is 9.90 Å². The van der Waals surface area contributed by atoms with Crippen LogP contribution in [0.2, 0.25) is 0 Å². The van der Waals surface area contributed by atoms with Gasteiger partial charge >= 0.3 is 6.09 Å². The predicted molar refractivity (Wildman–Crippen MR) is 32.4 cm³/mol. The molecule has 0 unspecified atom stereocenters. The lowest BCUT2D eigenvalue weighted by atomic mass is 10.5. The summed E-state index contributed by atoms with van der Waals surface area (Å²) in [6, 6.07) is 0. The van der Waals surface area contributed by atoms with Gasteiger partial charge in [-0.25, -0.2) is 9.79 Å². The van der Waals surface area contributed by atoms with Gasteiger partial charge in [-0.2, -0.15) is 0 Å². The quantitative estimate of drug-likeness (QED) is 0.514. The largest absolute Gasteiger partial charge is 0.465 e. The summed E-state index contributed by atoms with van der Waals surface area (Å²) in [7, 11) is 0. The maximum Gasteiger partial charge on any atom is 0.412 e. The number of nitrogens with zero attached hydrogens (tertiary/aromatic N) is 2. The van der Waals surface area contributed by atoms with E-state index in [1.54, 1.807) is 12.3 Å². The van der Waals surface area contributed by atoms with E-state index in [2.05, 4.69) is 4.99 Å². The molecule has 4 nitrogen and oxygen atoms in total. The number of hydrogen-bond donors (Lipinski definition) is 1. The number of aliphatic imine (C=N–C) groups is 1. The molecular weight excluding hydrogens is 120 g/mol. The van der Waals surface area contributed by atoms with Crippen LogP contribution in [-0.2, 0) is 0 Å². The van der Waals surface area contributed by atoms with Gasteiger partial charge in [0.25, 0.3) is 0 Å². The summed E-state index contributed by atoms with van der Waals surface area (Å²) >= 11 is 0. The normalized spacial score (nSPS) is 16.2. The maximum absolute atomic E-state index is 10.2. The smallest absolute Gasteiger partial charge is 0.412 e. The van der Waals surface area contributed by atoms with Crippen molar-refractivity contribution in [2.24, 2.45) is 4.99 Å². The zero-order valence-electron chi connectivity index (χ0n) is 4.69. The third kappa shape index (κ3) is 1.28. The van der Waals surface area contributed by atoms with E-state index in [0.29, 0.717) is 6.54 Å². The minimum Gasteiger partial charge on any atom is -0.465 e. The van der Waals surface area contributed by atoms with E-state index in [1.807, 2.05) is 0 Å². The van der Waals surface area contributed by atoms with Crippen molar-refractivity contribution in [1.29, 1.82) is 0 Å². The Hall–Kier alpha value is -1.32. The van der Waals surface area contributed by atoms with Crippen LogP contribution in [-0.4, -0.2) is 29.0 Å². The summed E-state index contributed by atoms with van der Waals surface area (Å²) in [6.07, 6.45) is 3.55. The molecule has 48 valence electrons. The zero-order chi connectivity index (χ0) is 6.69. The average Bonchev–Trinajstić information content (AvgIpc) is 1.90. The van der Waals surface area contributed by atoms with Crippen molar-refractivity contribution >= 4 is 12.4 Å². The van der Waals surface area contributed by atoms with Gasteiger partial charge in [0.15, 0.2) is 0 Å². The highest BCUT2D eigenvalue weighted by molar-refractivity contribution is 5.81. The first-order chi connectivity index (χ1) is 4.30. The molecule has 0 bridgehead atoms. The fourth-order valence-corrected chi connectivity index (χ4v) is 0.515. The number of amides is 1. The molecule has 0 aromatic carbocycles. The van der Waals surface area contributed by atoms with Gasteiger partial charge in [-0.3, -0.25) is 4.90 Å². The van der Waals surface area contributed by atoms with Crippen molar-refractivity contribution in [1.82, 2.24) is 4.90 Å². The van der Waals surface area contributed by atoms with Crippen LogP contribution in [0.3, 0.4) is 0 Å². The summed E-state index contributed by atoms with van der Waals surface area (Å²) in [5, 5.41) is 8.34. The molecule has 0 aliphatic carbocycles. The van der Waals surface area contributed by atoms with Gasteiger partial charge < -0.3 is 5.11 Å². The van der Waals surface area contributed by atoms with E-state index in [0.717, 1.165) is 4.90 Å². The summed E-state index contributed by atoms with van der Waals surface area (Å²) in [5.41, 5.74) is 0. The van der Waals surface area contributed by atoms with E-state index in [-0.39, 0.29) is 0 Å². The van der Waals surface area contributed by atoms with Crippen LogP contribution in [0.25, 0.3) is 0 Å². The Morgan fingerprint density at radius 2 is 2.56 bits per heavy atom. The second kappa shape index (κ2) is 2.30. The van der Waals surface area contributed by atoms with Crippen LogP contribution >= 0.6 is 0 Å². The zero-order valence-corrected chi connectivity index (χ0v) is 4.69. The first kappa shape index (κ1) is 5.81. The fraction of sp³-hybridized carbons (Fsp3) is 0.200. The summed E-state index contributed by atoms with van der Waals surface area (Å²) in [4.78, 5) is 14.9. The van der Waals surface area contributed by atoms with E-state index < -0.39 is 6.09 Å². The number of hydrogen-bond acceptors (Lipinski definition) is 2. The molecule has 1 heterocycles. The summed E-state index contributed by atoms with van der Waals surface area (Å²) < 4.78 is 0. The van der Waals surface area contributed by atoms with Crippen LogP contribution in [0.4, 0.5) is 4.79 Å². The molecule has 0 aromatic heterocycles. The third-order valence-corrected chi connectivity index (χ3v) is 0.945. The molecule has 1 aliphatic heterocycles. The van der Waals surface area contributed by atoms with Gasteiger partial charge in [-0.05, 0) is 6.08 Å². The Kier molecular flexibility index (Phi) is 1.48. The van der Waals surface area contributed by atoms with Crippen molar-refractivity contribution in [2.45, 2.75) is 0 Å². The Labute approximate surface area is 52.1 Å². The first-order valence-electron chi connectivity index (χ1n) is 2.48. The SMILES string of the molecule is O=C(O)N1C=NC=CC1. The van der Waals surface area contributed by atoms with Crippen LogP contribution in [0.15, 0.2) is 17.3 Å². The van der Waals surface area contributed by atoms with Crippen molar-refractivity contribution in [2.75, 3.05) is 6.54 Å². The highest BCUT2D eigenvalue weighted by Crippen LogP contribution is 1.91. The topological polar surface area (TPSA) is 52.9 Å². The minimum absolute atomic E-state index is 0.402. The molecule has 1 N–H and O–H groups in total. The number of rotatable bonds is 0. The number of carboxylic acid groups (broad SMARTS) is 1. The molecule has 0 saturated carbocycles. The lowest BCUT2D eigenvalue weighted by Gasteiger charge is -2.11. The van der Waals surface area contributed by atoms with Gasteiger partial charge in [-0.1, -0.05) is 0 Å². The third-order valence-electron chi connectivity index (χ3n) is 0.945. The molecule has 0 atom stereocenters. The lowest BCUT2D eigenvalue weighted by molar-refractivity contribution is 0.173. The van der Waals surface area contributed by atoms with Crippen molar-refractivity contribution in [3.8, 4) is 0 Å². The van der Waals surface area contributed by atoms with Gasteiger partial charge in [0.05, 0.1) is 0 Å². The minimum atomic E-state index is -0.969. The second-order valence-corrected chi connectivity index (χ2v) is 1.58. The van der Waals surface area contributed by atoms with E-state index in [4.69, 9.17) is 5.11 Å². The standard InChI is InChI=1S/C5H6N2O2/c8-5(9)7-3-1-2-6-4-7/h1-2,4H,3H2,(H,8,9). The van der Waals surface area contributed by atoms with Crippen LogP contribution < -0.4 is 0 Å². The number of carbonyl (C=O) groups is 1. The Morgan fingerprint density at radius 3 is 2.89 bits per heavy atom. The Morgan fingerprint density at radius 1 is 1.78 bits per heavy atom. The Balaban J connectivity index is 2.56. The monoisotopic (exact) mass is 126 g/mol. The fourth-order valence-electron chi connectivity index (χ4n) is 0.515. The highest BCUT2D eigenvalue weighted by Gasteiger charge is 2.06. The average molecular weight is 126 g/mol. The molecule has 0 aromatic rings. The molecule has 0 spiro atoms. The van der Waals surface area contributed by atoms with E-state index in [9.17, 15) is 4.79 Å². The van der Waals surface area contributed by atoms with Crippen molar-refractivity contribution in [3.05, 3.63) is 12.3 Å². The van der Waals surface area contributed by atoms with E-state index in [1.165, 1.54) is 6.34 Å². The van der Waals surface area contributed by atoms with Crippen LogP contribution in [0.1, 0.15) is 0 Å². The molecule has 0 fully saturated rings. The molecule has 0 saturated heterocycles. The first-order valence-corrected chi connectivity index (χ1v) is 2.48.